The molecule has 0 spiro atoms. The van der Waals surface area contributed by atoms with Crippen LogP contribution in [0.2, 0.25) is 0 Å². The summed E-state index contributed by atoms with van der Waals surface area (Å²) in [4.78, 5) is 9.47. The molecule has 1 amide bonds. The molecule has 0 saturated carbocycles. The van der Waals surface area contributed by atoms with Crippen LogP contribution >= 0.6 is 30.3 Å². The van der Waals surface area contributed by atoms with E-state index in [9.17, 15) is 4.79 Å². The number of amides is 1. The second-order valence-electron chi connectivity index (χ2n) is 0.758. The molecule has 0 aromatic rings. The van der Waals surface area contributed by atoms with E-state index in [1.54, 1.807) is 0 Å². The van der Waals surface area contributed by atoms with E-state index in [-0.39, 0.29) is 0 Å². The Balaban J connectivity index is 0. The minimum atomic E-state index is -1.33. The van der Waals surface area contributed by atoms with Gasteiger partial charge in [-0.15, -0.1) is 0 Å². The molecule has 57 valence electrons. The summed E-state index contributed by atoms with van der Waals surface area (Å²) in [6.07, 6.45) is 1.06. The Morgan fingerprint density at radius 2 is 1.67 bits per heavy atom. The fraction of sp³-hybridized carbons (Fsp3) is 0. The number of hydrogen-bond acceptors (Lipinski definition) is 1. The van der Waals surface area contributed by atoms with Crippen LogP contribution in [0.25, 0.3) is 0 Å². The second-order valence-corrected chi connectivity index (χ2v) is 6.23. The average molecular weight is 233 g/mol. The summed E-state index contributed by atoms with van der Waals surface area (Å²) in [6.45, 7) is 3.09. The fourth-order valence-electron chi connectivity index (χ4n) is 0. The van der Waals surface area contributed by atoms with Crippen molar-refractivity contribution in [2.45, 2.75) is 0 Å². The van der Waals surface area contributed by atoms with Crippen LogP contribution in [0.5, 0.6) is 0 Å². The minimum absolute atomic E-state index is 0.481. The number of nitrogens with two attached hydrogens (primary N) is 1. The molecule has 0 aliphatic carbocycles. The number of carbonyl (C=O) groups excluding carboxylic acids is 1. The van der Waals surface area contributed by atoms with Gasteiger partial charge in [0.15, 0.2) is 0 Å². The molecule has 9 heavy (non-hydrogen) atoms. The van der Waals surface area contributed by atoms with Crippen LogP contribution in [0, 0.1) is 0 Å². The first kappa shape index (κ1) is 12.3. The molecule has 0 rings (SSSR count). The number of rotatable bonds is 1. The Bertz CT molecular complexity index is 94.3. The Kier molecular flexibility index (Phi) is 11.7. The maximum atomic E-state index is 9.47. The van der Waals surface area contributed by atoms with E-state index in [1.807, 2.05) is 0 Å². The molecule has 0 fully saturated rings. The number of carbonyl (C=O) groups is 1. The molecule has 0 aliphatic heterocycles. The van der Waals surface area contributed by atoms with Crippen molar-refractivity contribution in [2.75, 3.05) is 0 Å². The summed E-state index contributed by atoms with van der Waals surface area (Å²) in [5, 5.41) is 0. The molecule has 0 saturated heterocycles. The van der Waals surface area contributed by atoms with Gasteiger partial charge in [0, 0.05) is 0 Å². The van der Waals surface area contributed by atoms with Crippen LogP contribution in [0.4, 0.5) is 0 Å². The SMILES string of the molecule is C=CC(N)=O.[Cl][Fe]([Cl])[Cl]. The molecule has 0 radical (unpaired) electrons. The summed E-state index contributed by atoms with van der Waals surface area (Å²) in [5.74, 6) is -0.481. The van der Waals surface area contributed by atoms with Gasteiger partial charge in [-0.3, -0.25) is 4.79 Å². The first-order valence-electron chi connectivity index (χ1n) is 1.59. The Labute approximate surface area is 70.5 Å². The van der Waals surface area contributed by atoms with Crippen molar-refractivity contribution in [3.63, 3.8) is 0 Å². The molecule has 0 bridgehead atoms. The molecule has 0 heterocycles. The molecule has 0 aliphatic rings. The van der Waals surface area contributed by atoms with E-state index in [1.165, 1.54) is 0 Å². The van der Waals surface area contributed by atoms with Gasteiger partial charge in [0.25, 0.3) is 0 Å². The molecule has 0 aromatic carbocycles. The van der Waals surface area contributed by atoms with Gasteiger partial charge in [-0.25, -0.2) is 0 Å². The molecule has 6 heteroatoms. The Hall–Kier alpha value is 0.599. The average Bonchev–Trinajstić information content (AvgIpc) is 1.65. The van der Waals surface area contributed by atoms with E-state index in [4.69, 9.17) is 30.3 Å². The van der Waals surface area contributed by atoms with Gasteiger partial charge in [-0.1, -0.05) is 6.58 Å². The zero-order valence-electron chi connectivity index (χ0n) is 4.26. The third-order valence-corrected chi connectivity index (χ3v) is 0.201. The maximum absolute atomic E-state index is 9.47. The van der Waals surface area contributed by atoms with Gasteiger partial charge in [0.1, 0.15) is 0 Å². The van der Waals surface area contributed by atoms with Crippen LogP contribution in [0.15, 0.2) is 12.7 Å². The first-order valence-corrected chi connectivity index (χ1v) is 6.15. The Morgan fingerprint density at radius 1 is 1.56 bits per heavy atom. The van der Waals surface area contributed by atoms with Crippen LogP contribution in [-0.2, 0) is 16.0 Å². The quantitative estimate of drug-likeness (QED) is 0.544. The van der Waals surface area contributed by atoms with E-state index < -0.39 is 17.1 Å². The van der Waals surface area contributed by atoms with Gasteiger partial charge in [-0.05, 0) is 6.08 Å². The van der Waals surface area contributed by atoms with Crippen molar-refractivity contribution in [1.82, 2.24) is 0 Å². The van der Waals surface area contributed by atoms with Crippen molar-refractivity contribution in [1.29, 1.82) is 0 Å². The summed E-state index contributed by atoms with van der Waals surface area (Å²) in [5.41, 5.74) is 4.53. The molecular formula is C3H5Cl3FeNO. The topological polar surface area (TPSA) is 43.1 Å². The van der Waals surface area contributed by atoms with Gasteiger partial charge < -0.3 is 5.73 Å². The van der Waals surface area contributed by atoms with E-state index in [0.29, 0.717) is 0 Å². The van der Waals surface area contributed by atoms with Crippen LogP contribution in [0.1, 0.15) is 0 Å². The first-order chi connectivity index (χ1) is 4.00. The second kappa shape index (κ2) is 8.60. The number of hydrogen-bond donors (Lipinski definition) is 1. The van der Waals surface area contributed by atoms with Gasteiger partial charge >= 0.3 is 41.5 Å². The van der Waals surface area contributed by atoms with E-state index in [0.717, 1.165) is 6.08 Å². The number of halogens is 3. The zero-order chi connectivity index (χ0) is 7.86. The van der Waals surface area contributed by atoms with Crippen molar-refractivity contribution < 1.29 is 16.0 Å². The van der Waals surface area contributed by atoms with Crippen LogP contribution in [-0.4, -0.2) is 5.91 Å². The van der Waals surface area contributed by atoms with Crippen LogP contribution < -0.4 is 5.73 Å². The summed E-state index contributed by atoms with van der Waals surface area (Å²) in [6, 6.07) is 0. The molecule has 0 aromatic heterocycles. The third kappa shape index (κ3) is 55.4. The molecule has 0 atom stereocenters. The van der Waals surface area contributed by atoms with Crippen molar-refractivity contribution in [3.05, 3.63) is 12.7 Å². The third-order valence-electron chi connectivity index (χ3n) is 0.201. The number of primary amides is 1. The van der Waals surface area contributed by atoms with Gasteiger partial charge in [0.2, 0.25) is 5.91 Å². The molecular weight excluding hydrogens is 228 g/mol. The van der Waals surface area contributed by atoms with Gasteiger partial charge in [0.05, 0.1) is 0 Å². The monoisotopic (exact) mass is 232 g/mol. The van der Waals surface area contributed by atoms with E-state index in [2.05, 4.69) is 12.3 Å². The predicted octanol–water partition coefficient (Wildman–Crippen LogP) is 1.72. The zero-order valence-corrected chi connectivity index (χ0v) is 7.63. The molecule has 2 nitrogen and oxygen atoms in total. The van der Waals surface area contributed by atoms with Crippen molar-refractivity contribution in [2.24, 2.45) is 5.73 Å². The summed E-state index contributed by atoms with van der Waals surface area (Å²) >= 11 is -1.33. The standard InChI is InChI=1S/C3H5NO.3ClH.Fe/c1-2-3(4)5;;;;/h2H,1H2,(H2,4,5);3*1H;/q;;;;+3/p-3. The van der Waals surface area contributed by atoms with Gasteiger partial charge in [-0.2, -0.15) is 0 Å². The fourth-order valence-corrected chi connectivity index (χ4v) is 0. The Morgan fingerprint density at radius 3 is 1.67 bits per heavy atom. The molecule has 0 unspecified atom stereocenters. The predicted molar refractivity (Wildman–Crippen MR) is 37.0 cm³/mol. The van der Waals surface area contributed by atoms with Crippen molar-refractivity contribution in [3.8, 4) is 0 Å². The van der Waals surface area contributed by atoms with Crippen LogP contribution in [0.3, 0.4) is 0 Å². The molecule has 2 N–H and O–H groups in total. The van der Waals surface area contributed by atoms with Crippen molar-refractivity contribution >= 4 is 36.2 Å². The summed E-state index contributed by atoms with van der Waals surface area (Å²) in [7, 11) is 14.7. The summed E-state index contributed by atoms with van der Waals surface area (Å²) < 4.78 is 0. The normalized spacial score (nSPS) is 8.56. The van der Waals surface area contributed by atoms with E-state index >= 15 is 0 Å².